The number of fused-ring (bicyclic) bond motifs is 1. The van der Waals surface area contributed by atoms with Gasteiger partial charge in [0.15, 0.2) is 5.76 Å². The zero-order chi connectivity index (χ0) is 22.0. The van der Waals surface area contributed by atoms with Crippen molar-refractivity contribution in [3.05, 3.63) is 71.0 Å². The molecule has 2 amide bonds. The average molecular weight is 426 g/mol. The van der Waals surface area contributed by atoms with Crippen LogP contribution >= 0.6 is 11.6 Å². The van der Waals surface area contributed by atoms with E-state index in [1.807, 2.05) is 25.1 Å². The Labute approximate surface area is 180 Å². The van der Waals surface area contributed by atoms with E-state index >= 15 is 0 Å². The Balaban J connectivity index is 2.08. The molecule has 2 unspecified atom stereocenters. The van der Waals surface area contributed by atoms with Crippen molar-refractivity contribution in [2.45, 2.75) is 39.3 Å². The summed E-state index contributed by atoms with van der Waals surface area (Å²) in [6.07, 6.45) is 1.63. The molecule has 3 rings (SSSR count). The Morgan fingerprint density at radius 3 is 2.40 bits per heavy atom. The van der Waals surface area contributed by atoms with Gasteiger partial charge in [-0.2, -0.15) is 0 Å². The fraction of sp³-hybridized carbons (Fsp3) is 0.261. The number of anilines is 2. The lowest BCUT2D eigenvalue weighted by Gasteiger charge is -2.43. The lowest BCUT2D eigenvalue weighted by atomic mass is 9.89. The minimum atomic E-state index is -0.569. The number of nitrogens with zero attached hydrogens (tertiary/aromatic N) is 2. The van der Waals surface area contributed by atoms with Gasteiger partial charge in [-0.15, -0.1) is 0 Å². The first-order valence-corrected chi connectivity index (χ1v) is 10.0. The smallest absolute Gasteiger partial charge is 0.293 e. The van der Waals surface area contributed by atoms with Gasteiger partial charge in [-0.25, -0.2) is 0 Å². The Morgan fingerprint density at radius 2 is 1.80 bits per heavy atom. The Kier molecular flexibility index (Phi) is 6.27. The van der Waals surface area contributed by atoms with Crippen LogP contribution in [0.2, 0.25) is 5.02 Å². The highest BCUT2D eigenvalue weighted by Crippen LogP contribution is 2.42. The van der Waals surface area contributed by atoms with Crippen LogP contribution in [-0.2, 0) is 9.59 Å². The van der Waals surface area contributed by atoms with Gasteiger partial charge in [0.1, 0.15) is 0 Å². The van der Waals surface area contributed by atoms with Crippen LogP contribution in [0.15, 0.2) is 60.4 Å². The van der Waals surface area contributed by atoms with Gasteiger partial charge in [-0.3, -0.25) is 9.59 Å². The van der Waals surface area contributed by atoms with Crippen molar-refractivity contribution in [3.8, 4) is 0 Å². The molecule has 0 aromatic heterocycles. The number of carbonyl (C=O) groups is 2. The van der Waals surface area contributed by atoms with Crippen LogP contribution in [0.5, 0.6) is 0 Å². The second-order valence-electron chi connectivity index (χ2n) is 7.41. The molecule has 7 heteroatoms. The van der Waals surface area contributed by atoms with E-state index in [9.17, 15) is 14.7 Å². The van der Waals surface area contributed by atoms with E-state index in [2.05, 4.69) is 0 Å². The lowest BCUT2D eigenvalue weighted by Crippen LogP contribution is -2.48. The number of para-hydroxylation sites is 1. The standard InChI is InChI=1S/C23H24ClN3O3/c1-14(25)12-22(29)23(30)26-15(2)13-21(19-6-4-5-7-20(19)26)27(16(3)28)18-10-8-17(24)9-11-18/h4-12,15,21,25,29H,13H2,1-3H3/b22-12-,25-14?. The summed E-state index contributed by atoms with van der Waals surface area (Å²) in [5, 5.41) is 18.3. The van der Waals surface area contributed by atoms with E-state index in [1.54, 1.807) is 35.2 Å². The summed E-state index contributed by atoms with van der Waals surface area (Å²) in [5.74, 6) is -1.17. The first-order chi connectivity index (χ1) is 14.2. The van der Waals surface area contributed by atoms with Gasteiger partial charge in [0.05, 0.1) is 6.04 Å². The van der Waals surface area contributed by atoms with Gasteiger partial charge in [-0.05, 0) is 56.2 Å². The predicted molar refractivity (Wildman–Crippen MR) is 119 cm³/mol. The number of aliphatic hydroxyl groups excluding tert-OH is 1. The summed E-state index contributed by atoms with van der Waals surface area (Å²) in [4.78, 5) is 28.8. The number of allylic oxidation sites excluding steroid dienone is 1. The molecule has 6 nitrogen and oxygen atoms in total. The van der Waals surface area contributed by atoms with Crippen molar-refractivity contribution in [2.75, 3.05) is 9.80 Å². The summed E-state index contributed by atoms with van der Waals surface area (Å²) in [5.41, 5.74) is 2.26. The van der Waals surface area contributed by atoms with Gasteiger partial charge in [0, 0.05) is 41.2 Å². The van der Waals surface area contributed by atoms with Crippen molar-refractivity contribution in [1.29, 1.82) is 5.41 Å². The molecule has 0 saturated heterocycles. The summed E-state index contributed by atoms with van der Waals surface area (Å²) in [6.45, 7) is 4.89. The molecule has 0 aliphatic carbocycles. The molecule has 1 aliphatic heterocycles. The Morgan fingerprint density at radius 1 is 1.17 bits per heavy atom. The van der Waals surface area contributed by atoms with Gasteiger partial charge in [-0.1, -0.05) is 29.8 Å². The molecule has 2 aromatic rings. The number of rotatable bonds is 4. The summed E-state index contributed by atoms with van der Waals surface area (Å²) < 4.78 is 0. The first kappa shape index (κ1) is 21.6. The third-order valence-electron chi connectivity index (χ3n) is 5.11. The highest BCUT2D eigenvalue weighted by Gasteiger charge is 2.38. The monoisotopic (exact) mass is 425 g/mol. The summed E-state index contributed by atoms with van der Waals surface area (Å²) in [6, 6.07) is 13.9. The highest BCUT2D eigenvalue weighted by molar-refractivity contribution is 6.30. The zero-order valence-electron chi connectivity index (χ0n) is 17.1. The number of benzene rings is 2. The Hall–Kier alpha value is -3.12. The minimum Gasteiger partial charge on any atom is -0.503 e. The third kappa shape index (κ3) is 4.24. The molecular weight excluding hydrogens is 402 g/mol. The maximum absolute atomic E-state index is 12.9. The van der Waals surface area contributed by atoms with E-state index in [-0.39, 0.29) is 23.7 Å². The molecule has 0 saturated carbocycles. The molecule has 0 bridgehead atoms. The van der Waals surface area contributed by atoms with Crippen LogP contribution in [0.3, 0.4) is 0 Å². The van der Waals surface area contributed by atoms with E-state index in [4.69, 9.17) is 17.0 Å². The number of nitrogens with one attached hydrogen (secondary N) is 1. The van der Waals surface area contributed by atoms with Gasteiger partial charge in [0.25, 0.3) is 5.91 Å². The molecule has 30 heavy (non-hydrogen) atoms. The molecule has 1 aliphatic rings. The molecule has 2 aromatic carbocycles. The van der Waals surface area contributed by atoms with E-state index in [0.29, 0.717) is 17.1 Å². The zero-order valence-corrected chi connectivity index (χ0v) is 17.8. The quantitative estimate of drug-likeness (QED) is 0.408. The molecule has 2 atom stereocenters. The molecule has 2 N–H and O–H groups in total. The van der Waals surface area contributed by atoms with E-state index in [0.717, 1.165) is 17.3 Å². The van der Waals surface area contributed by atoms with Crippen molar-refractivity contribution in [1.82, 2.24) is 0 Å². The van der Waals surface area contributed by atoms with Crippen LogP contribution in [0.4, 0.5) is 11.4 Å². The SMILES string of the molecule is CC(=N)/C=C(\O)C(=O)N1c2ccccc2C(N(C(C)=O)c2ccc(Cl)cc2)CC1C. The third-order valence-corrected chi connectivity index (χ3v) is 5.36. The first-order valence-electron chi connectivity index (χ1n) is 9.64. The minimum absolute atomic E-state index is 0.0853. The maximum atomic E-state index is 12.9. The molecule has 0 radical (unpaired) electrons. The van der Waals surface area contributed by atoms with Crippen molar-refractivity contribution in [3.63, 3.8) is 0 Å². The number of halogens is 1. The maximum Gasteiger partial charge on any atom is 0.293 e. The topological polar surface area (TPSA) is 84.7 Å². The van der Waals surface area contributed by atoms with Gasteiger partial charge in [0.2, 0.25) is 5.91 Å². The summed E-state index contributed by atoms with van der Waals surface area (Å²) >= 11 is 6.01. The number of amides is 2. The molecular formula is C23H24ClN3O3. The second-order valence-corrected chi connectivity index (χ2v) is 7.85. The number of carbonyl (C=O) groups excluding carboxylic acids is 2. The fourth-order valence-electron chi connectivity index (χ4n) is 3.91. The fourth-order valence-corrected chi connectivity index (χ4v) is 4.03. The van der Waals surface area contributed by atoms with Crippen LogP contribution in [0.25, 0.3) is 0 Å². The highest BCUT2D eigenvalue weighted by atomic mass is 35.5. The van der Waals surface area contributed by atoms with Gasteiger partial charge < -0.3 is 20.3 Å². The van der Waals surface area contributed by atoms with Crippen molar-refractivity contribution in [2.24, 2.45) is 0 Å². The lowest BCUT2D eigenvalue weighted by molar-refractivity contribution is -0.118. The number of aliphatic hydroxyl groups is 1. The molecule has 0 spiro atoms. The van der Waals surface area contributed by atoms with Crippen LogP contribution in [-0.4, -0.2) is 28.7 Å². The van der Waals surface area contributed by atoms with Crippen molar-refractivity contribution < 1.29 is 14.7 Å². The predicted octanol–water partition coefficient (Wildman–Crippen LogP) is 5.04. The number of hydrogen-bond acceptors (Lipinski definition) is 4. The van der Waals surface area contributed by atoms with Crippen LogP contribution in [0, 0.1) is 5.41 Å². The second kappa shape index (κ2) is 8.71. The Bertz CT molecular complexity index is 1020. The normalized spacial score (nSPS) is 18.5. The van der Waals surface area contributed by atoms with Gasteiger partial charge >= 0.3 is 0 Å². The molecule has 156 valence electrons. The van der Waals surface area contributed by atoms with E-state index < -0.39 is 11.7 Å². The summed E-state index contributed by atoms with van der Waals surface area (Å²) in [7, 11) is 0. The van der Waals surface area contributed by atoms with Crippen LogP contribution < -0.4 is 9.80 Å². The number of hydrogen-bond donors (Lipinski definition) is 2. The average Bonchev–Trinajstić information content (AvgIpc) is 2.68. The molecule has 1 heterocycles. The van der Waals surface area contributed by atoms with E-state index in [1.165, 1.54) is 18.7 Å². The largest absolute Gasteiger partial charge is 0.503 e. The van der Waals surface area contributed by atoms with Crippen LogP contribution in [0.1, 0.15) is 38.8 Å². The molecule has 0 fully saturated rings. The van der Waals surface area contributed by atoms with Crippen molar-refractivity contribution >= 4 is 40.5 Å².